The van der Waals surface area contributed by atoms with Gasteiger partial charge in [0, 0.05) is 17.2 Å². The number of hydrogen-bond acceptors (Lipinski definition) is 3. The molecular formula is C25H33NO3. The molecule has 0 saturated heterocycles. The van der Waals surface area contributed by atoms with Crippen LogP contribution in [0.1, 0.15) is 72.5 Å². The number of amides is 1. The van der Waals surface area contributed by atoms with Crippen LogP contribution in [0.4, 0.5) is 0 Å². The van der Waals surface area contributed by atoms with Gasteiger partial charge in [-0.05, 0) is 75.1 Å². The smallest absolute Gasteiger partial charge is 0.251 e. The van der Waals surface area contributed by atoms with E-state index in [-0.39, 0.29) is 11.9 Å². The summed E-state index contributed by atoms with van der Waals surface area (Å²) in [4.78, 5) is 12.8. The molecule has 2 aromatic rings. The first-order chi connectivity index (χ1) is 14.0. The lowest BCUT2D eigenvalue weighted by atomic mass is 10.1. The Balaban J connectivity index is 1.73. The Labute approximate surface area is 174 Å². The van der Waals surface area contributed by atoms with Crippen LogP contribution in [0, 0.1) is 13.8 Å². The maximum absolute atomic E-state index is 12.8. The fourth-order valence-corrected chi connectivity index (χ4v) is 4.00. The van der Waals surface area contributed by atoms with E-state index < -0.39 is 0 Å². The molecule has 1 saturated carbocycles. The van der Waals surface area contributed by atoms with E-state index in [9.17, 15) is 4.79 Å². The van der Waals surface area contributed by atoms with Crippen LogP contribution in [0.25, 0.3) is 0 Å². The maximum atomic E-state index is 12.8. The number of hydrogen-bond donors (Lipinski definition) is 1. The molecule has 0 atom stereocenters. The summed E-state index contributed by atoms with van der Waals surface area (Å²) in [6.07, 6.45) is 7.09. The number of carbonyl (C=O) groups excluding carboxylic acids is 1. The summed E-state index contributed by atoms with van der Waals surface area (Å²) in [7, 11) is 0. The molecular weight excluding hydrogens is 362 g/mol. The zero-order chi connectivity index (χ0) is 20.6. The summed E-state index contributed by atoms with van der Waals surface area (Å²) < 4.78 is 11.8. The van der Waals surface area contributed by atoms with Crippen LogP contribution in [0.5, 0.6) is 11.5 Å². The van der Waals surface area contributed by atoms with Crippen molar-refractivity contribution in [3.63, 3.8) is 0 Å². The van der Waals surface area contributed by atoms with Gasteiger partial charge in [0.15, 0.2) is 0 Å². The molecule has 0 spiro atoms. The molecule has 2 aromatic carbocycles. The van der Waals surface area contributed by atoms with E-state index >= 15 is 0 Å². The SMILES string of the molecule is CCOc1ccc(C(=O)NC2CCCCCC2)cc1COc1cc(C)cc(C)c1. The summed E-state index contributed by atoms with van der Waals surface area (Å²) in [6.45, 7) is 7.02. The minimum atomic E-state index is -0.00685. The van der Waals surface area contributed by atoms with E-state index in [2.05, 4.69) is 25.2 Å². The maximum Gasteiger partial charge on any atom is 0.251 e. The molecule has 0 heterocycles. The minimum absolute atomic E-state index is 0.00685. The Morgan fingerprint density at radius 2 is 1.66 bits per heavy atom. The van der Waals surface area contributed by atoms with Crippen molar-refractivity contribution in [2.75, 3.05) is 6.61 Å². The van der Waals surface area contributed by atoms with Gasteiger partial charge in [-0.2, -0.15) is 0 Å². The largest absolute Gasteiger partial charge is 0.493 e. The Hall–Kier alpha value is -2.49. The van der Waals surface area contributed by atoms with Gasteiger partial charge in [0.25, 0.3) is 5.91 Å². The second-order valence-corrected chi connectivity index (χ2v) is 8.03. The zero-order valence-electron chi connectivity index (χ0n) is 17.9. The molecule has 1 aliphatic rings. The summed E-state index contributed by atoms with van der Waals surface area (Å²) >= 11 is 0. The van der Waals surface area contributed by atoms with E-state index in [0.717, 1.165) is 29.9 Å². The topological polar surface area (TPSA) is 47.6 Å². The summed E-state index contributed by atoms with van der Waals surface area (Å²) in [6, 6.07) is 12.1. The average molecular weight is 396 g/mol. The van der Waals surface area contributed by atoms with Gasteiger partial charge in [-0.3, -0.25) is 4.79 Å². The summed E-state index contributed by atoms with van der Waals surface area (Å²) in [5, 5.41) is 3.22. The molecule has 1 fully saturated rings. The van der Waals surface area contributed by atoms with E-state index in [4.69, 9.17) is 9.47 Å². The van der Waals surface area contributed by atoms with Gasteiger partial charge in [0.05, 0.1) is 6.61 Å². The van der Waals surface area contributed by atoms with Crippen LogP contribution in [-0.2, 0) is 6.61 Å². The molecule has 0 radical (unpaired) electrons. The number of benzene rings is 2. The highest BCUT2D eigenvalue weighted by Gasteiger charge is 2.17. The first kappa shape index (κ1) is 21.2. The molecule has 29 heavy (non-hydrogen) atoms. The van der Waals surface area contributed by atoms with Crippen LogP contribution in [0.15, 0.2) is 36.4 Å². The molecule has 3 rings (SSSR count). The molecule has 0 bridgehead atoms. The normalized spacial score (nSPS) is 14.9. The lowest BCUT2D eigenvalue weighted by Gasteiger charge is -2.17. The molecule has 1 N–H and O–H groups in total. The lowest BCUT2D eigenvalue weighted by molar-refractivity contribution is 0.0933. The molecule has 1 aliphatic carbocycles. The molecule has 0 aliphatic heterocycles. The van der Waals surface area contributed by atoms with Gasteiger partial charge in [0.1, 0.15) is 18.1 Å². The minimum Gasteiger partial charge on any atom is -0.493 e. The van der Waals surface area contributed by atoms with Gasteiger partial charge >= 0.3 is 0 Å². The van der Waals surface area contributed by atoms with Crippen molar-refractivity contribution in [3.05, 3.63) is 58.7 Å². The van der Waals surface area contributed by atoms with Gasteiger partial charge in [-0.1, -0.05) is 31.7 Å². The Kier molecular flexibility index (Phi) is 7.56. The van der Waals surface area contributed by atoms with Gasteiger partial charge in [0.2, 0.25) is 0 Å². The van der Waals surface area contributed by atoms with Gasteiger partial charge in [-0.15, -0.1) is 0 Å². The average Bonchev–Trinajstić information content (AvgIpc) is 2.95. The number of rotatable bonds is 7. The van der Waals surface area contributed by atoms with Crippen molar-refractivity contribution < 1.29 is 14.3 Å². The number of aryl methyl sites for hydroxylation is 2. The fourth-order valence-electron chi connectivity index (χ4n) is 4.00. The highest BCUT2D eigenvalue weighted by molar-refractivity contribution is 5.94. The van der Waals surface area contributed by atoms with Crippen molar-refractivity contribution in [1.29, 1.82) is 0 Å². The molecule has 1 amide bonds. The highest BCUT2D eigenvalue weighted by Crippen LogP contribution is 2.24. The monoisotopic (exact) mass is 395 g/mol. The third-order valence-electron chi connectivity index (χ3n) is 5.40. The second-order valence-electron chi connectivity index (χ2n) is 8.03. The fraction of sp³-hybridized carbons (Fsp3) is 0.480. The molecule has 0 aromatic heterocycles. The predicted octanol–water partition coefficient (Wildman–Crippen LogP) is 5.73. The molecule has 0 unspecified atom stereocenters. The van der Waals surface area contributed by atoms with E-state index in [1.54, 1.807) is 0 Å². The van der Waals surface area contributed by atoms with Crippen LogP contribution in [0.2, 0.25) is 0 Å². The number of nitrogens with one attached hydrogen (secondary N) is 1. The van der Waals surface area contributed by atoms with Crippen LogP contribution >= 0.6 is 0 Å². The van der Waals surface area contributed by atoms with Gasteiger partial charge < -0.3 is 14.8 Å². The van der Waals surface area contributed by atoms with E-state index in [1.165, 1.54) is 36.8 Å². The van der Waals surface area contributed by atoms with Crippen molar-refractivity contribution in [1.82, 2.24) is 5.32 Å². The Morgan fingerprint density at radius 3 is 2.31 bits per heavy atom. The third kappa shape index (κ3) is 6.25. The van der Waals surface area contributed by atoms with Crippen molar-refractivity contribution in [3.8, 4) is 11.5 Å². The summed E-state index contributed by atoms with van der Waals surface area (Å²) in [5.41, 5.74) is 3.89. The first-order valence-corrected chi connectivity index (χ1v) is 10.8. The predicted molar refractivity (Wildman–Crippen MR) is 117 cm³/mol. The molecule has 156 valence electrons. The third-order valence-corrected chi connectivity index (χ3v) is 5.40. The van der Waals surface area contributed by atoms with Crippen LogP contribution < -0.4 is 14.8 Å². The lowest BCUT2D eigenvalue weighted by Crippen LogP contribution is -2.34. The standard InChI is InChI=1S/C25H33NO3/c1-4-28-24-12-11-20(25(27)26-22-9-7-5-6-8-10-22)16-21(24)17-29-23-14-18(2)13-19(3)15-23/h11-16,22H,4-10,17H2,1-3H3,(H,26,27). The van der Waals surface area contributed by atoms with Gasteiger partial charge in [-0.25, -0.2) is 0 Å². The quantitative estimate of drug-likeness (QED) is 0.609. The molecule has 4 heteroatoms. The van der Waals surface area contributed by atoms with E-state index in [0.29, 0.717) is 18.8 Å². The van der Waals surface area contributed by atoms with Crippen molar-refractivity contribution in [2.24, 2.45) is 0 Å². The second kappa shape index (κ2) is 10.3. The Morgan fingerprint density at radius 1 is 0.966 bits per heavy atom. The van der Waals surface area contributed by atoms with Crippen molar-refractivity contribution in [2.45, 2.75) is 71.9 Å². The highest BCUT2D eigenvalue weighted by atomic mass is 16.5. The van der Waals surface area contributed by atoms with Crippen LogP contribution in [-0.4, -0.2) is 18.6 Å². The van der Waals surface area contributed by atoms with Crippen molar-refractivity contribution >= 4 is 5.91 Å². The number of ether oxygens (including phenoxy) is 2. The van der Waals surface area contributed by atoms with Crippen LogP contribution in [0.3, 0.4) is 0 Å². The first-order valence-electron chi connectivity index (χ1n) is 10.8. The summed E-state index contributed by atoms with van der Waals surface area (Å²) in [5.74, 6) is 1.59. The Bertz CT molecular complexity index is 803. The molecule has 4 nitrogen and oxygen atoms in total. The number of carbonyl (C=O) groups is 1. The van der Waals surface area contributed by atoms with E-state index in [1.807, 2.05) is 37.3 Å². The zero-order valence-corrected chi connectivity index (χ0v) is 17.9.